The van der Waals surface area contributed by atoms with Crippen molar-refractivity contribution in [2.45, 2.75) is 44.5 Å². The Kier molecular flexibility index (Phi) is 3.08. The van der Waals surface area contributed by atoms with Crippen molar-refractivity contribution in [3.63, 3.8) is 0 Å². The van der Waals surface area contributed by atoms with E-state index in [4.69, 9.17) is 4.74 Å². The predicted octanol–water partition coefficient (Wildman–Crippen LogP) is 2.51. The first kappa shape index (κ1) is 10.7. The molecule has 82 valence electrons. The second-order valence-electron chi connectivity index (χ2n) is 4.66. The van der Waals surface area contributed by atoms with Crippen LogP contribution in [0.15, 0.2) is 30.3 Å². The van der Waals surface area contributed by atoms with Gasteiger partial charge in [0.05, 0.1) is 18.3 Å². The number of aliphatic hydroxyl groups is 1. The van der Waals surface area contributed by atoms with Gasteiger partial charge in [-0.25, -0.2) is 0 Å². The standard InChI is InChI=1S/C13H18O2/c1-13(14)8-7-12(9-13)15-10-11-5-3-2-4-6-11/h2-6,12,14H,7-10H2,1H3/t12-,13-/m1/s1. The van der Waals surface area contributed by atoms with Crippen molar-refractivity contribution in [3.05, 3.63) is 35.9 Å². The van der Waals surface area contributed by atoms with Crippen LogP contribution >= 0.6 is 0 Å². The topological polar surface area (TPSA) is 29.5 Å². The summed E-state index contributed by atoms with van der Waals surface area (Å²) in [6.45, 7) is 2.54. The van der Waals surface area contributed by atoms with Gasteiger partial charge in [0.2, 0.25) is 0 Å². The van der Waals surface area contributed by atoms with E-state index in [9.17, 15) is 5.11 Å². The van der Waals surface area contributed by atoms with E-state index in [1.165, 1.54) is 5.56 Å². The molecule has 1 aromatic carbocycles. The quantitative estimate of drug-likeness (QED) is 0.823. The maximum Gasteiger partial charge on any atom is 0.0720 e. The van der Waals surface area contributed by atoms with Crippen LogP contribution in [-0.2, 0) is 11.3 Å². The summed E-state index contributed by atoms with van der Waals surface area (Å²) in [6, 6.07) is 10.2. The van der Waals surface area contributed by atoms with Crippen molar-refractivity contribution >= 4 is 0 Å². The lowest BCUT2D eigenvalue weighted by Crippen LogP contribution is -2.20. The van der Waals surface area contributed by atoms with Gasteiger partial charge in [0.15, 0.2) is 0 Å². The average Bonchev–Trinajstić information content (AvgIpc) is 2.57. The largest absolute Gasteiger partial charge is 0.390 e. The third kappa shape index (κ3) is 3.05. The van der Waals surface area contributed by atoms with Gasteiger partial charge in [0, 0.05) is 6.42 Å². The Morgan fingerprint density at radius 3 is 2.73 bits per heavy atom. The molecular formula is C13H18O2. The van der Waals surface area contributed by atoms with E-state index in [0.29, 0.717) is 6.61 Å². The summed E-state index contributed by atoms with van der Waals surface area (Å²) in [6.07, 6.45) is 2.81. The Morgan fingerprint density at radius 1 is 1.40 bits per heavy atom. The Balaban J connectivity index is 1.80. The fraction of sp³-hybridized carbons (Fsp3) is 0.538. The van der Waals surface area contributed by atoms with Crippen molar-refractivity contribution in [1.29, 1.82) is 0 Å². The molecular weight excluding hydrogens is 188 g/mol. The summed E-state index contributed by atoms with van der Waals surface area (Å²) in [7, 11) is 0. The molecule has 15 heavy (non-hydrogen) atoms. The third-order valence-corrected chi connectivity index (χ3v) is 3.00. The SMILES string of the molecule is C[C@@]1(O)CC[C@@H](OCc2ccccc2)C1. The molecule has 2 atom stereocenters. The normalized spacial score (nSPS) is 30.7. The van der Waals surface area contributed by atoms with Crippen LogP contribution in [0, 0.1) is 0 Å². The summed E-state index contributed by atoms with van der Waals surface area (Å²) in [4.78, 5) is 0. The molecule has 0 radical (unpaired) electrons. The molecule has 1 aliphatic rings. The molecule has 1 N–H and O–H groups in total. The molecule has 1 fully saturated rings. The Hall–Kier alpha value is -0.860. The van der Waals surface area contributed by atoms with E-state index < -0.39 is 5.60 Å². The minimum atomic E-state index is -0.513. The number of hydrogen-bond acceptors (Lipinski definition) is 2. The molecule has 0 heterocycles. The highest BCUT2D eigenvalue weighted by Crippen LogP contribution is 2.31. The van der Waals surface area contributed by atoms with Crippen LogP contribution in [0.2, 0.25) is 0 Å². The highest BCUT2D eigenvalue weighted by atomic mass is 16.5. The van der Waals surface area contributed by atoms with Crippen molar-refractivity contribution < 1.29 is 9.84 Å². The molecule has 0 aromatic heterocycles. The van der Waals surface area contributed by atoms with E-state index in [0.717, 1.165) is 19.3 Å². The van der Waals surface area contributed by atoms with Gasteiger partial charge in [-0.3, -0.25) is 0 Å². The fourth-order valence-corrected chi connectivity index (χ4v) is 2.10. The van der Waals surface area contributed by atoms with Crippen LogP contribution in [0.5, 0.6) is 0 Å². The zero-order chi connectivity index (χ0) is 10.7. The molecule has 0 unspecified atom stereocenters. The molecule has 2 rings (SSSR count). The molecule has 0 saturated heterocycles. The summed E-state index contributed by atoms with van der Waals surface area (Å²) in [5.41, 5.74) is 0.686. The predicted molar refractivity (Wildman–Crippen MR) is 59.5 cm³/mol. The maximum atomic E-state index is 9.78. The van der Waals surface area contributed by atoms with Crippen molar-refractivity contribution in [2.24, 2.45) is 0 Å². The van der Waals surface area contributed by atoms with Gasteiger partial charge in [-0.15, -0.1) is 0 Å². The Labute approximate surface area is 90.9 Å². The van der Waals surface area contributed by atoms with Gasteiger partial charge in [-0.2, -0.15) is 0 Å². The lowest BCUT2D eigenvalue weighted by atomic mass is 10.1. The highest BCUT2D eigenvalue weighted by molar-refractivity contribution is 5.13. The molecule has 0 spiro atoms. The van der Waals surface area contributed by atoms with E-state index in [1.807, 2.05) is 25.1 Å². The molecule has 0 amide bonds. The first-order chi connectivity index (χ1) is 7.16. The summed E-state index contributed by atoms with van der Waals surface area (Å²) in [5.74, 6) is 0. The molecule has 0 aliphatic heterocycles. The first-order valence-electron chi connectivity index (χ1n) is 5.54. The molecule has 1 aliphatic carbocycles. The van der Waals surface area contributed by atoms with Gasteiger partial charge in [-0.1, -0.05) is 30.3 Å². The van der Waals surface area contributed by atoms with Crippen LogP contribution in [-0.4, -0.2) is 16.8 Å². The second kappa shape index (κ2) is 4.33. The number of ether oxygens (including phenoxy) is 1. The molecule has 0 bridgehead atoms. The maximum absolute atomic E-state index is 9.78. The smallest absolute Gasteiger partial charge is 0.0720 e. The molecule has 2 heteroatoms. The van der Waals surface area contributed by atoms with Crippen molar-refractivity contribution in [1.82, 2.24) is 0 Å². The summed E-state index contributed by atoms with van der Waals surface area (Å²) >= 11 is 0. The second-order valence-corrected chi connectivity index (χ2v) is 4.66. The van der Waals surface area contributed by atoms with E-state index in [-0.39, 0.29) is 6.10 Å². The lowest BCUT2D eigenvalue weighted by Gasteiger charge is -2.16. The lowest BCUT2D eigenvalue weighted by molar-refractivity contribution is 0.0108. The van der Waals surface area contributed by atoms with Gasteiger partial charge < -0.3 is 9.84 Å². The van der Waals surface area contributed by atoms with Crippen LogP contribution < -0.4 is 0 Å². The van der Waals surface area contributed by atoms with Crippen LogP contribution in [0.1, 0.15) is 31.7 Å². The zero-order valence-corrected chi connectivity index (χ0v) is 9.15. The van der Waals surface area contributed by atoms with Crippen LogP contribution in [0.4, 0.5) is 0 Å². The highest BCUT2D eigenvalue weighted by Gasteiger charge is 2.33. The fourth-order valence-electron chi connectivity index (χ4n) is 2.10. The van der Waals surface area contributed by atoms with E-state index in [1.54, 1.807) is 0 Å². The first-order valence-corrected chi connectivity index (χ1v) is 5.54. The number of hydrogen-bond donors (Lipinski definition) is 1. The van der Waals surface area contributed by atoms with Crippen molar-refractivity contribution in [2.75, 3.05) is 0 Å². The monoisotopic (exact) mass is 206 g/mol. The van der Waals surface area contributed by atoms with Gasteiger partial charge in [-0.05, 0) is 25.3 Å². The Bertz CT molecular complexity index is 306. The summed E-state index contributed by atoms with van der Waals surface area (Å²) in [5, 5.41) is 9.78. The Morgan fingerprint density at radius 2 is 2.13 bits per heavy atom. The van der Waals surface area contributed by atoms with Crippen molar-refractivity contribution in [3.8, 4) is 0 Å². The molecule has 1 saturated carbocycles. The van der Waals surface area contributed by atoms with Crippen LogP contribution in [0.3, 0.4) is 0 Å². The van der Waals surface area contributed by atoms with Gasteiger partial charge in [0.25, 0.3) is 0 Å². The van der Waals surface area contributed by atoms with E-state index >= 15 is 0 Å². The number of benzene rings is 1. The van der Waals surface area contributed by atoms with Crippen LogP contribution in [0.25, 0.3) is 0 Å². The van der Waals surface area contributed by atoms with Gasteiger partial charge in [0.1, 0.15) is 0 Å². The van der Waals surface area contributed by atoms with Gasteiger partial charge >= 0.3 is 0 Å². The zero-order valence-electron chi connectivity index (χ0n) is 9.15. The minimum absolute atomic E-state index is 0.222. The third-order valence-electron chi connectivity index (χ3n) is 3.00. The summed E-state index contributed by atoms with van der Waals surface area (Å²) < 4.78 is 5.76. The average molecular weight is 206 g/mol. The van der Waals surface area contributed by atoms with E-state index in [2.05, 4.69) is 12.1 Å². The minimum Gasteiger partial charge on any atom is -0.390 e. The molecule has 1 aromatic rings. The molecule has 2 nitrogen and oxygen atoms in total. The number of rotatable bonds is 3.